The van der Waals surface area contributed by atoms with Gasteiger partial charge in [-0.15, -0.1) is 0 Å². The van der Waals surface area contributed by atoms with Crippen LogP contribution in [0.5, 0.6) is 0 Å². The SMILES string of the molecule is CC[C@H](C)[C@H](NC(=O)Cc1cc(=O)[nH]c(=O)[nH]1)C(=O)O. The Morgan fingerprint density at radius 2 is 2.00 bits per heavy atom. The molecule has 4 N–H and O–H groups in total. The van der Waals surface area contributed by atoms with Crippen LogP contribution in [-0.2, 0) is 16.0 Å². The third-order valence-electron chi connectivity index (χ3n) is 2.96. The van der Waals surface area contributed by atoms with Crippen molar-refractivity contribution >= 4 is 11.9 Å². The first-order valence-corrected chi connectivity index (χ1v) is 6.18. The summed E-state index contributed by atoms with van der Waals surface area (Å²) in [6.45, 7) is 3.54. The fourth-order valence-corrected chi connectivity index (χ4v) is 1.70. The number of carbonyl (C=O) groups excluding carboxylic acids is 1. The van der Waals surface area contributed by atoms with Crippen LogP contribution in [-0.4, -0.2) is 33.0 Å². The van der Waals surface area contributed by atoms with Crippen LogP contribution in [0.3, 0.4) is 0 Å². The number of aromatic nitrogens is 2. The lowest BCUT2D eigenvalue weighted by molar-refractivity contribution is -0.143. The molecule has 0 saturated carbocycles. The number of carbonyl (C=O) groups is 2. The summed E-state index contributed by atoms with van der Waals surface area (Å²) in [7, 11) is 0. The van der Waals surface area contributed by atoms with Crippen LogP contribution in [0.2, 0.25) is 0 Å². The fourth-order valence-electron chi connectivity index (χ4n) is 1.70. The van der Waals surface area contributed by atoms with E-state index in [4.69, 9.17) is 5.11 Å². The molecule has 1 aromatic rings. The molecule has 8 heteroatoms. The monoisotopic (exact) mass is 283 g/mol. The number of aromatic amines is 2. The van der Waals surface area contributed by atoms with Crippen molar-refractivity contribution < 1.29 is 14.7 Å². The summed E-state index contributed by atoms with van der Waals surface area (Å²) in [4.78, 5) is 49.2. The number of rotatable bonds is 6. The molecule has 0 saturated heterocycles. The Hall–Kier alpha value is -2.38. The van der Waals surface area contributed by atoms with Gasteiger partial charge < -0.3 is 15.4 Å². The molecule has 1 rings (SSSR count). The van der Waals surface area contributed by atoms with E-state index in [1.807, 2.05) is 11.9 Å². The maximum Gasteiger partial charge on any atom is 0.326 e. The van der Waals surface area contributed by atoms with Crippen LogP contribution in [0.1, 0.15) is 26.0 Å². The summed E-state index contributed by atoms with van der Waals surface area (Å²) in [6, 6.07) is 0.0845. The van der Waals surface area contributed by atoms with Crippen molar-refractivity contribution in [1.82, 2.24) is 15.3 Å². The summed E-state index contributed by atoms with van der Waals surface area (Å²) in [5.74, 6) is -1.92. The number of amides is 1. The first-order chi connectivity index (χ1) is 9.33. The van der Waals surface area contributed by atoms with E-state index in [9.17, 15) is 19.2 Å². The number of hydrogen-bond acceptors (Lipinski definition) is 4. The predicted octanol–water partition coefficient (Wildman–Crippen LogP) is -0.779. The average Bonchev–Trinajstić information content (AvgIpc) is 2.33. The van der Waals surface area contributed by atoms with E-state index < -0.39 is 29.2 Å². The van der Waals surface area contributed by atoms with Gasteiger partial charge in [-0.05, 0) is 5.92 Å². The molecule has 0 aliphatic rings. The van der Waals surface area contributed by atoms with Gasteiger partial charge in [0.2, 0.25) is 5.91 Å². The molecule has 1 amide bonds. The topological polar surface area (TPSA) is 132 Å². The minimum absolute atomic E-state index is 0.129. The first kappa shape index (κ1) is 15.7. The van der Waals surface area contributed by atoms with E-state index in [1.165, 1.54) is 0 Å². The van der Waals surface area contributed by atoms with Crippen molar-refractivity contribution in [3.05, 3.63) is 32.6 Å². The highest BCUT2D eigenvalue weighted by Gasteiger charge is 2.25. The molecule has 110 valence electrons. The third-order valence-corrected chi connectivity index (χ3v) is 2.96. The molecular weight excluding hydrogens is 266 g/mol. The average molecular weight is 283 g/mol. The smallest absolute Gasteiger partial charge is 0.326 e. The molecule has 0 aliphatic heterocycles. The molecule has 0 aliphatic carbocycles. The van der Waals surface area contributed by atoms with Gasteiger partial charge in [-0.1, -0.05) is 20.3 Å². The zero-order chi connectivity index (χ0) is 15.3. The first-order valence-electron chi connectivity index (χ1n) is 6.18. The molecule has 2 atom stereocenters. The fraction of sp³-hybridized carbons (Fsp3) is 0.500. The predicted molar refractivity (Wildman–Crippen MR) is 70.4 cm³/mol. The second-order valence-corrected chi connectivity index (χ2v) is 4.56. The van der Waals surface area contributed by atoms with Crippen molar-refractivity contribution in [1.29, 1.82) is 0 Å². The molecule has 0 bridgehead atoms. The van der Waals surface area contributed by atoms with Gasteiger partial charge in [0.1, 0.15) is 6.04 Å². The number of aliphatic carboxylic acids is 1. The lowest BCUT2D eigenvalue weighted by atomic mass is 9.99. The lowest BCUT2D eigenvalue weighted by Crippen LogP contribution is -2.45. The number of nitrogens with one attached hydrogen (secondary N) is 3. The van der Waals surface area contributed by atoms with E-state index in [1.54, 1.807) is 6.92 Å². The summed E-state index contributed by atoms with van der Waals surface area (Å²) in [5, 5.41) is 11.4. The zero-order valence-electron chi connectivity index (χ0n) is 11.2. The number of H-pyrrole nitrogens is 2. The molecule has 0 fully saturated rings. The lowest BCUT2D eigenvalue weighted by Gasteiger charge is -2.20. The molecule has 0 aromatic carbocycles. The highest BCUT2D eigenvalue weighted by molar-refractivity contribution is 5.84. The highest BCUT2D eigenvalue weighted by Crippen LogP contribution is 2.08. The Morgan fingerprint density at radius 1 is 1.35 bits per heavy atom. The van der Waals surface area contributed by atoms with Crippen LogP contribution in [0.25, 0.3) is 0 Å². The Morgan fingerprint density at radius 3 is 2.50 bits per heavy atom. The van der Waals surface area contributed by atoms with Crippen LogP contribution < -0.4 is 16.6 Å². The van der Waals surface area contributed by atoms with Crippen molar-refractivity contribution in [2.24, 2.45) is 5.92 Å². The van der Waals surface area contributed by atoms with Crippen LogP contribution in [0, 0.1) is 5.92 Å². The normalized spacial score (nSPS) is 13.5. The second kappa shape index (κ2) is 6.69. The number of carboxylic acids is 1. The van der Waals surface area contributed by atoms with E-state index >= 15 is 0 Å². The van der Waals surface area contributed by atoms with Crippen molar-refractivity contribution in [2.75, 3.05) is 0 Å². The summed E-state index contributed by atoms with van der Waals surface area (Å²) in [6.07, 6.45) is 0.332. The van der Waals surface area contributed by atoms with Crippen LogP contribution in [0.4, 0.5) is 0 Å². The molecular formula is C12H17N3O5. The Balaban J connectivity index is 2.78. The van der Waals surface area contributed by atoms with E-state index in [-0.39, 0.29) is 18.0 Å². The number of carboxylic acid groups (broad SMARTS) is 1. The van der Waals surface area contributed by atoms with E-state index in [0.29, 0.717) is 6.42 Å². The van der Waals surface area contributed by atoms with Gasteiger partial charge in [0.25, 0.3) is 5.56 Å². The van der Waals surface area contributed by atoms with Crippen molar-refractivity contribution in [2.45, 2.75) is 32.7 Å². The zero-order valence-corrected chi connectivity index (χ0v) is 11.2. The molecule has 20 heavy (non-hydrogen) atoms. The second-order valence-electron chi connectivity index (χ2n) is 4.56. The largest absolute Gasteiger partial charge is 0.480 e. The van der Waals surface area contributed by atoms with Gasteiger partial charge in [-0.3, -0.25) is 14.6 Å². The van der Waals surface area contributed by atoms with Gasteiger partial charge in [-0.25, -0.2) is 9.59 Å². The van der Waals surface area contributed by atoms with Gasteiger partial charge in [-0.2, -0.15) is 0 Å². The molecule has 0 unspecified atom stereocenters. The van der Waals surface area contributed by atoms with Crippen molar-refractivity contribution in [3.63, 3.8) is 0 Å². The number of hydrogen-bond donors (Lipinski definition) is 4. The van der Waals surface area contributed by atoms with Gasteiger partial charge in [0.05, 0.1) is 6.42 Å². The van der Waals surface area contributed by atoms with E-state index in [0.717, 1.165) is 6.07 Å². The molecule has 1 aromatic heterocycles. The highest BCUT2D eigenvalue weighted by atomic mass is 16.4. The summed E-state index contributed by atoms with van der Waals surface area (Å²) >= 11 is 0. The molecule has 8 nitrogen and oxygen atoms in total. The van der Waals surface area contributed by atoms with E-state index in [2.05, 4.69) is 10.3 Å². The quantitative estimate of drug-likeness (QED) is 0.543. The van der Waals surface area contributed by atoms with Crippen LogP contribution in [0.15, 0.2) is 15.7 Å². The van der Waals surface area contributed by atoms with Gasteiger partial charge in [0, 0.05) is 11.8 Å². The third kappa shape index (κ3) is 4.38. The summed E-state index contributed by atoms with van der Waals surface area (Å²) < 4.78 is 0. The van der Waals surface area contributed by atoms with Crippen molar-refractivity contribution in [3.8, 4) is 0 Å². The Labute approximate surface area is 114 Å². The Kier molecular flexibility index (Phi) is 5.24. The minimum Gasteiger partial charge on any atom is -0.480 e. The van der Waals surface area contributed by atoms with Gasteiger partial charge in [0.15, 0.2) is 0 Å². The molecule has 1 heterocycles. The molecule has 0 spiro atoms. The Bertz CT molecular complexity index is 575. The maximum absolute atomic E-state index is 11.8. The van der Waals surface area contributed by atoms with Crippen LogP contribution >= 0.6 is 0 Å². The van der Waals surface area contributed by atoms with Gasteiger partial charge >= 0.3 is 11.7 Å². The molecule has 0 radical (unpaired) electrons. The minimum atomic E-state index is -1.12. The maximum atomic E-state index is 11.8. The summed E-state index contributed by atoms with van der Waals surface area (Å²) in [5.41, 5.74) is -1.20. The standard InChI is InChI=1S/C12H17N3O5/c1-3-6(2)10(11(18)19)14-8(16)4-7-5-9(17)15-12(20)13-7/h5-6,10H,3-4H2,1-2H3,(H,14,16)(H,18,19)(H2,13,15,17,20)/t6-,10-/m0/s1.